The summed E-state index contributed by atoms with van der Waals surface area (Å²) < 4.78 is 10.2. The number of carboxylic acid groups (broad SMARTS) is 1. The second-order valence-corrected chi connectivity index (χ2v) is 7.17. The lowest BCUT2D eigenvalue weighted by Gasteiger charge is -2.31. The Morgan fingerprint density at radius 1 is 1.24 bits per heavy atom. The number of aliphatic carboxylic acids is 1. The van der Waals surface area contributed by atoms with Crippen molar-refractivity contribution in [1.29, 1.82) is 5.41 Å². The van der Waals surface area contributed by atoms with E-state index in [0.717, 1.165) is 5.56 Å². The minimum Gasteiger partial charge on any atom is -0.480 e. The van der Waals surface area contributed by atoms with Crippen molar-refractivity contribution in [2.45, 2.75) is 51.9 Å². The molecule has 10 heteroatoms. The lowest BCUT2D eigenvalue weighted by atomic mass is 10.1. The van der Waals surface area contributed by atoms with Crippen LogP contribution in [0.2, 0.25) is 0 Å². The molecule has 29 heavy (non-hydrogen) atoms. The van der Waals surface area contributed by atoms with Gasteiger partial charge in [0.25, 0.3) is 0 Å². The zero-order valence-electron chi connectivity index (χ0n) is 16.8. The number of alkyl carbamates (subject to hydrolysis) is 1. The molecule has 10 nitrogen and oxygen atoms in total. The van der Waals surface area contributed by atoms with Gasteiger partial charge in [-0.15, -0.1) is 0 Å². The molecule has 0 aromatic heterocycles. The Balaban J connectivity index is 2.91. The van der Waals surface area contributed by atoms with E-state index < -0.39 is 35.8 Å². The Hall–Kier alpha value is -3.14. The van der Waals surface area contributed by atoms with E-state index in [4.69, 9.17) is 20.6 Å². The van der Waals surface area contributed by atoms with Crippen molar-refractivity contribution in [3.8, 4) is 0 Å². The predicted molar refractivity (Wildman–Crippen MR) is 105 cm³/mol. The second kappa shape index (κ2) is 11.0. The van der Waals surface area contributed by atoms with Gasteiger partial charge in [0.05, 0.1) is 0 Å². The fraction of sp³-hybridized carbons (Fsp3) is 0.474. The third-order valence-corrected chi connectivity index (χ3v) is 3.54. The maximum atomic E-state index is 12.5. The van der Waals surface area contributed by atoms with Crippen molar-refractivity contribution in [2.24, 2.45) is 5.73 Å². The van der Waals surface area contributed by atoms with Gasteiger partial charge in [0.1, 0.15) is 18.2 Å². The van der Waals surface area contributed by atoms with Gasteiger partial charge < -0.3 is 20.3 Å². The number of ether oxygens (including phenoxy) is 2. The fourth-order valence-corrected chi connectivity index (χ4v) is 2.28. The standard InChI is InChI=1S/C19H28N4O6/c1-19(2,3)29-18(27)23(14(15(24)25)10-7-11-20)16(21)22-17(26)28-12-13-8-5-4-6-9-13/h4-6,8-9,14H,7,10-12,20H2,1-3H3,(H,24,25)(H2,21,22,26). The van der Waals surface area contributed by atoms with Gasteiger partial charge in [-0.2, -0.15) is 0 Å². The van der Waals surface area contributed by atoms with Crippen LogP contribution >= 0.6 is 0 Å². The van der Waals surface area contributed by atoms with Gasteiger partial charge in [-0.25, -0.2) is 19.3 Å². The van der Waals surface area contributed by atoms with E-state index in [2.05, 4.69) is 5.32 Å². The SMILES string of the molecule is CC(C)(C)OC(=O)N(C(=N)NC(=O)OCc1ccccc1)C(CCCN)C(=O)O. The Kier molecular flexibility index (Phi) is 9.07. The first-order valence-electron chi connectivity index (χ1n) is 9.06. The summed E-state index contributed by atoms with van der Waals surface area (Å²) in [4.78, 5) is 36.8. The van der Waals surface area contributed by atoms with Gasteiger partial charge in [-0.05, 0) is 45.7 Å². The first-order valence-corrected chi connectivity index (χ1v) is 9.06. The van der Waals surface area contributed by atoms with E-state index in [-0.39, 0.29) is 19.6 Å². The number of carboxylic acids is 1. The molecule has 0 aliphatic rings. The number of rotatable bonds is 7. The van der Waals surface area contributed by atoms with Crippen molar-refractivity contribution in [3.63, 3.8) is 0 Å². The van der Waals surface area contributed by atoms with Crippen LogP contribution in [0.3, 0.4) is 0 Å². The van der Waals surface area contributed by atoms with Crippen molar-refractivity contribution in [3.05, 3.63) is 35.9 Å². The summed E-state index contributed by atoms with van der Waals surface area (Å²) in [5, 5.41) is 19.7. The maximum Gasteiger partial charge on any atom is 0.417 e. The van der Waals surface area contributed by atoms with E-state index in [1.165, 1.54) is 0 Å². The number of carbonyl (C=O) groups excluding carboxylic acids is 2. The quantitative estimate of drug-likeness (QED) is 0.398. The minimum absolute atomic E-state index is 0.0196. The van der Waals surface area contributed by atoms with Gasteiger partial charge in [0, 0.05) is 0 Å². The molecule has 0 radical (unpaired) electrons. The highest BCUT2D eigenvalue weighted by Gasteiger charge is 2.36. The molecular formula is C19H28N4O6. The number of nitrogens with zero attached hydrogens (tertiary/aromatic N) is 1. The van der Waals surface area contributed by atoms with Gasteiger partial charge in [-0.3, -0.25) is 10.7 Å². The van der Waals surface area contributed by atoms with Crippen molar-refractivity contribution < 1.29 is 29.0 Å². The minimum atomic E-state index is -1.43. The molecule has 2 amide bonds. The highest BCUT2D eigenvalue weighted by Crippen LogP contribution is 2.15. The van der Waals surface area contributed by atoms with Crippen LogP contribution in [0.4, 0.5) is 9.59 Å². The number of benzene rings is 1. The van der Waals surface area contributed by atoms with Crippen molar-refractivity contribution in [1.82, 2.24) is 10.2 Å². The van der Waals surface area contributed by atoms with Crippen LogP contribution in [0.25, 0.3) is 0 Å². The summed E-state index contributed by atoms with van der Waals surface area (Å²) in [6.45, 7) is 4.95. The first-order chi connectivity index (χ1) is 13.5. The molecule has 0 saturated heterocycles. The zero-order chi connectivity index (χ0) is 22.0. The Morgan fingerprint density at radius 2 is 1.86 bits per heavy atom. The zero-order valence-corrected chi connectivity index (χ0v) is 16.8. The molecule has 0 aliphatic carbocycles. The van der Waals surface area contributed by atoms with E-state index in [9.17, 15) is 19.5 Å². The van der Waals surface area contributed by atoms with Crippen molar-refractivity contribution in [2.75, 3.05) is 6.54 Å². The smallest absolute Gasteiger partial charge is 0.417 e. The van der Waals surface area contributed by atoms with E-state index in [0.29, 0.717) is 11.3 Å². The monoisotopic (exact) mass is 408 g/mol. The molecule has 0 saturated carbocycles. The molecule has 160 valence electrons. The van der Waals surface area contributed by atoms with Gasteiger partial charge in [0.2, 0.25) is 5.96 Å². The van der Waals surface area contributed by atoms with Crippen LogP contribution in [0.1, 0.15) is 39.2 Å². The number of carbonyl (C=O) groups is 3. The number of amides is 2. The van der Waals surface area contributed by atoms with E-state index in [1.807, 2.05) is 6.07 Å². The normalized spacial score (nSPS) is 11.9. The number of hydrogen-bond donors (Lipinski definition) is 4. The number of nitrogens with one attached hydrogen (secondary N) is 2. The molecule has 0 bridgehead atoms. The second-order valence-electron chi connectivity index (χ2n) is 7.17. The summed E-state index contributed by atoms with van der Waals surface area (Å²) in [5.41, 5.74) is 5.23. The summed E-state index contributed by atoms with van der Waals surface area (Å²) in [6, 6.07) is 7.42. The molecule has 0 aliphatic heterocycles. The topological polar surface area (TPSA) is 155 Å². The lowest BCUT2D eigenvalue weighted by Crippen LogP contribution is -2.55. The van der Waals surface area contributed by atoms with Gasteiger partial charge >= 0.3 is 18.2 Å². The number of nitrogens with two attached hydrogens (primary N) is 1. The summed E-state index contributed by atoms with van der Waals surface area (Å²) >= 11 is 0. The third kappa shape index (κ3) is 8.60. The molecular weight excluding hydrogens is 380 g/mol. The molecule has 1 rings (SSSR count). The summed E-state index contributed by atoms with van der Waals surface area (Å²) in [7, 11) is 0. The number of guanidine groups is 1. The predicted octanol–water partition coefficient (Wildman–Crippen LogP) is 2.28. The van der Waals surface area contributed by atoms with Crippen LogP contribution < -0.4 is 11.1 Å². The Bertz CT molecular complexity index is 717. The van der Waals surface area contributed by atoms with Crippen LogP contribution in [0, 0.1) is 5.41 Å². The lowest BCUT2D eigenvalue weighted by molar-refractivity contribution is -0.142. The van der Waals surface area contributed by atoms with Crippen LogP contribution in [0.5, 0.6) is 0 Å². The average molecular weight is 408 g/mol. The first kappa shape index (κ1) is 23.9. The highest BCUT2D eigenvalue weighted by atomic mass is 16.6. The largest absolute Gasteiger partial charge is 0.480 e. The molecule has 0 spiro atoms. The number of hydrogen-bond acceptors (Lipinski definition) is 7. The Morgan fingerprint density at radius 3 is 2.38 bits per heavy atom. The summed E-state index contributed by atoms with van der Waals surface area (Å²) in [5.74, 6) is -2.12. The molecule has 1 unspecified atom stereocenters. The third-order valence-electron chi connectivity index (χ3n) is 3.54. The fourth-order valence-electron chi connectivity index (χ4n) is 2.28. The van der Waals surface area contributed by atoms with Gasteiger partial charge in [-0.1, -0.05) is 30.3 Å². The van der Waals surface area contributed by atoms with Crippen LogP contribution in [-0.4, -0.2) is 52.3 Å². The Labute approximate surface area is 169 Å². The van der Waals surface area contributed by atoms with Gasteiger partial charge in [0.15, 0.2) is 0 Å². The van der Waals surface area contributed by atoms with Crippen LogP contribution in [-0.2, 0) is 20.9 Å². The molecule has 0 fully saturated rings. The van der Waals surface area contributed by atoms with Crippen LogP contribution in [0.15, 0.2) is 30.3 Å². The van der Waals surface area contributed by atoms with E-state index >= 15 is 0 Å². The molecule has 1 aromatic rings. The highest BCUT2D eigenvalue weighted by molar-refractivity contribution is 6.02. The molecule has 1 aromatic carbocycles. The molecule has 0 heterocycles. The molecule has 1 atom stereocenters. The molecule has 5 N–H and O–H groups in total. The van der Waals surface area contributed by atoms with Crippen molar-refractivity contribution >= 4 is 24.1 Å². The maximum absolute atomic E-state index is 12.5. The van der Waals surface area contributed by atoms with E-state index in [1.54, 1.807) is 45.0 Å². The average Bonchev–Trinajstić information content (AvgIpc) is 2.62. The summed E-state index contributed by atoms with van der Waals surface area (Å²) in [6.07, 6.45) is -1.80.